The van der Waals surface area contributed by atoms with Gasteiger partial charge in [-0.25, -0.2) is 4.98 Å². The average Bonchev–Trinajstić information content (AvgIpc) is 2.78. The number of rotatable bonds is 12. The van der Waals surface area contributed by atoms with Gasteiger partial charge in [-0.3, -0.25) is 4.79 Å². The van der Waals surface area contributed by atoms with Crippen molar-refractivity contribution in [3.63, 3.8) is 0 Å². The van der Waals surface area contributed by atoms with Crippen molar-refractivity contribution in [1.82, 2.24) is 4.98 Å². The SMILES string of the molecule is C/C=C(\S/C=C/CCC)c1cc(OCCOC)c2cc(NC(=O)C3CC(OC)C3)ccc2n1. The van der Waals surface area contributed by atoms with E-state index in [-0.39, 0.29) is 17.9 Å². The summed E-state index contributed by atoms with van der Waals surface area (Å²) in [5, 5.41) is 6.01. The van der Waals surface area contributed by atoms with Gasteiger partial charge in [-0.1, -0.05) is 37.3 Å². The number of hydrogen-bond donors (Lipinski definition) is 1. The quantitative estimate of drug-likeness (QED) is 0.382. The minimum Gasteiger partial charge on any atom is -0.490 e. The molecule has 3 rings (SSSR count). The lowest BCUT2D eigenvalue weighted by molar-refractivity contribution is -0.127. The number of nitrogens with zero attached hydrogens (tertiary/aromatic N) is 1. The summed E-state index contributed by atoms with van der Waals surface area (Å²) in [5.41, 5.74) is 2.42. The molecule has 0 atom stereocenters. The molecule has 0 unspecified atom stereocenters. The van der Waals surface area contributed by atoms with Gasteiger partial charge in [0.1, 0.15) is 12.4 Å². The molecule has 7 heteroatoms. The van der Waals surface area contributed by atoms with Crippen LogP contribution in [0.4, 0.5) is 5.69 Å². The number of benzene rings is 1. The summed E-state index contributed by atoms with van der Waals surface area (Å²) in [6.45, 7) is 5.10. The predicted octanol–water partition coefficient (Wildman–Crippen LogP) is 6.03. The molecule has 1 aromatic carbocycles. The summed E-state index contributed by atoms with van der Waals surface area (Å²) < 4.78 is 16.5. The molecule has 1 saturated carbocycles. The van der Waals surface area contributed by atoms with Crippen LogP contribution in [0, 0.1) is 5.92 Å². The second-order valence-electron chi connectivity index (χ2n) is 8.03. The van der Waals surface area contributed by atoms with Crippen LogP contribution >= 0.6 is 11.8 Å². The Morgan fingerprint density at radius 1 is 1.24 bits per heavy atom. The molecule has 33 heavy (non-hydrogen) atoms. The standard InChI is InChI=1S/C26H34N2O4S/c1-5-7-8-13-33-25(6-2)23-17-24(32-12-11-30-3)21-16-19(9-10-22(21)28-23)27-26(29)18-14-20(15-18)31-4/h6,8-10,13,16-18,20H,5,7,11-12,14-15H2,1-4H3,(H,27,29)/b13-8+,25-6-. The maximum Gasteiger partial charge on any atom is 0.227 e. The van der Waals surface area contributed by atoms with Gasteiger partial charge in [0.25, 0.3) is 0 Å². The summed E-state index contributed by atoms with van der Waals surface area (Å²) >= 11 is 1.66. The van der Waals surface area contributed by atoms with Crippen LogP contribution in [0.5, 0.6) is 5.75 Å². The fraction of sp³-hybridized carbons (Fsp3) is 0.462. The number of hydrogen-bond acceptors (Lipinski definition) is 6. The Labute approximate surface area is 200 Å². The van der Waals surface area contributed by atoms with Gasteiger partial charge in [0.15, 0.2) is 0 Å². The van der Waals surface area contributed by atoms with E-state index in [1.165, 1.54) is 0 Å². The third-order valence-electron chi connectivity index (χ3n) is 5.64. The van der Waals surface area contributed by atoms with Gasteiger partial charge in [-0.05, 0) is 49.8 Å². The molecule has 0 bridgehead atoms. The number of anilines is 1. The molecule has 0 radical (unpaired) electrons. The zero-order valence-electron chi connectivity index (χ0n) is 19.9. The van der Waals surface area contributed by atoms with Crippen LogP contribution in [0.15, 0.2) is 41.8 Å². The van der Waals surface area contributed by atoms with E-state index in [1.807, 2.05) is 31.2 Å². The molecule has 1 fully saturated rings. The number of pyridine rings is 1. The molecule has 0 aliphatic heterocycles. The Morgan fingerprint density at radius 2 is 2.06 bits per heavy atom. The molecule has 1 aromatic heterocycles. The lowest BCUT2D eigenvalue weighted by atomic mass is 9.81. The third kappa shape index (κ3) is 6.82. The molecule has 6 nitrogen and oxygen atoms in total. The number of allylic oxidation sites excluding steroid dienone is 2. The Bertz CT molecular complexity index is 999. The number of carbonyl (C=O) groups is 1. The van der Waals surface area contributed by atoms with Crippen molar-refractivity contribution in [2.24, 2.45) is 5.92 Å². The minimum atomic E-state index is -0.00129. The fourth-order valence-corrected chi connectivity index (χ4v) is 4.34. The van der Waals surface area contributed by atoms with E-state index in [4.69, 9.17) is 19.2 Å². The average molecular weight is 471 g/mol. The third-order valence-corrected chi connectivity index (χ3v) is 6.67. The Hall–Kier alpha value is -2.35. The van der Waals surface area contributed by atoms with Gasteiger partial charge in [-0.15, -0.1) is 0 Å². The van der Waals surface area contributed by atoms with Gasteiger partial charge in [0.05, 0.1) is 23.9 Å². The summed E-state index contributed by atoms with van der Waals surface area (Å²) in [5.74, 6) is 0.753. The van der Waals surface area contributed by atoms with Crippen molar-refractivity contribution < 1.29 is 19.0 Å². The molecule has 1 aliphatic rings. The lowest BCUT2D eigenvalue weighted by Crippen LogP contribution is -2.38. The first-order valence-electron chi connectivity index (χ1n) is 11.5. The van der Waals surface area contributed by atoms with Gasteiger partial charge < -0.3 is 19.5 Å². The maximum atomic E-state index is 12.6. The van der Waals surface area contributed by atoms with Crippen LogP contribution < -0.4 is 10.1 Å². The zero-order valence-corrected chi connectivity index (χ0v) is 20.7. The van der Waals surface area contributed by atoms with Crippen LogP contribution in [0.25, 0.3) is 15.8 Å². The minimum absolute atomic E-state index is 0.00129. The molecule has 0 saturated heterocycles. The molecule has 1 amide bonds. The van der Waals surface area contributed by atoms with Crippen molar-refractivity contribution >= 4 is 39.2 Å². The topological polar surface area (TPSA) is 69.7 Å². The number of methoxy groups -OCH3 is 2. The van der Waals surface area contributed by atoms with Crippen molar-refractivity contribution in [2.75, 3.05) is 32.8 Å². The summed E-state index contributed by atoms with van der Waals surface area (Å²) in [6, 6.07) is 7.73. The number of thioether (sulfide) groups is 1. The van der Waals surface area contributed by atoms with Crippen LogP contribution in [0.2, 0.25) is 0 Å². The normalized spacial score (nSPS) is 18.5. The number of fused-ring (bicyclic) bond motifs is 1. The van der Waals surface area contributed by atoms with Crippen molar-refractivity contribution in [1.29, 1.82) is 0 Å². The van der Waals surface area contributed by atoms with Crippen LogP contribution in [0.1, 0.15) is 45.2 Å². The molecule has 1 heterocycles. The van der Waals surface area contributed by atoms with Gasteiger partial charge >= 0.3 is 0 Å². The van der Waals surface area contributed by atoms with E-state index in [0.717, 1.165) is 58.6 Å². The first kappa shape index (κ1) is 25.3. The van der Waals surface area contributed by atoms with Crippen molar-refractivity contribution in [3.8, 4) is 5.75 Å². The Kier molecular flexibility index (Phi) is 9.78. The van der Waals surface area contributed by atoms with Crippen LogP contribution in [0.3, 0.4) is 0 Å². The van der Waals surface area contributed by atoms with Crippen LogP contribution in [-0.2, 0) is 14.3 Å². The van der Waals surface area contributed by atoms with Gasteiger partial charge in [0, 0.05) is 42.2 Å². The number of ether oxygens (including phenoxy) is 3. The van der Waals surface area contributed by atoms with E-state index in [9.17, 15) is 4.79 Å². The van der Waals surface area contributed by atoms with E-state index < -0.39 is 0 Å². The number of unbranched alkanes of at least 4 members (excludes halogenated alkanes) is 1. The summed E-state index contributed by atoms with van der Waals surface area (Å²) in [4.78, 5) is 18.5. The highest BCUT2D eigenvalue weighted by Gasteiger charge is 2.34. The Balaban J connectivity index is 1.85. The largest absolute Gasteiger partial charge is 0.490 e. The Morgan fingerprint density at radius 3 is 2.76 bits per heavy atom. The molecule has 0 spiro atoms. The number of amides is 1. The first-order chi connectivity index (χ1) is 16.1. The molecule has 1 aliphatic carbocycles. The summed E-state index contributed by atoms with van der Waals surface area (Å²) in [6.07, 6.45) is 8.15. The van der Waals surface area contributed by atoms with E-state index >= 15 is 0 Å². The number of carbonyl (C=O) groups excluding carboxylic acids is 1. The smallest absolute Gasteiger partial charge is 0.227 e. The van der Waals surface area contributed by atoms with E-state index in [0.29, 0.717) is 13.2 Å². The van der Waals surface area contributed by atoms with Gasteiger partial charge in [0.2, 0.25) is 5.91 Å². The molecule has 178 valence electrons. The monoisotopic (exact) mass is 470 g/mol. The zero-order chi connectivity index (χ0) is 23.6. The molecule has 2 aromatic rings. The maximum absolute atomic E-state index is 12.6. The van der Waals surface area contributed by atoms with Crippen molar-refractivity contribution in [2.45, 2.75) is 45.6 Å². The fourth-order valence-electron chi connectivity index (χ4n) is 3.60. The second kappa shape index (κ2) is 12.8. The van der Waals surface area contributed by atoms with Crippen LogP contribution in [-0.4, -0.2) is 44.4 Å². The van der Waals surface area contributed by atoms with E-state index in [2.05, 4.69) is 29.8 Å². The number of aromatic nitrogens is 1. The lowest BCUT2D eigenvalue weighted by Gasteiger charge is -2.32. The van der Waals surface area contributed by atoms with E-state index in [1.54, 1.807) is 26.0 Å². The molecule has 1 N–H and O–H groups in total. The first-order valence-corrected chi connectivity index (χ1v) is 12.4. The molecular formula is C26H34N2O4S. The van der Waals surface area contributed by atoms with Crippen molar-refractivity contribution in [3.05, 3.63) is 47.5 Å². The van der Waals surface area contributed by atoms with Gasteiger partial charge in [-0.2, -0.15) is 0 Å². The highest BCUT2D eigenvalue weighted by atomic mass is 32.2. The molecular weight excluding hydrogens is 436 g/mol. The highest BCUT2D eigenvalue weighted by Crippen LogP contribution is 2.35. The highest BCUT2D eigenvalue weighted by molar-refractivity contribution is 8.10. The second-order valence-corrected chi connectivity index (χ2v) is 8.97. The predicted molar refractivity (Wildman–Crippen MR) is 137 cm³/mol. The number of nitrogens with one attached hydrogen (secondary N) is 1. The summed E-state index contributed by atoms with van der Waals surface area (Å²) in [7, 11) is 3.34.